The molecule has 14 heavy (non-hydrogen) atoms. The van der Waals surface area contributed by atoms with Crippen LogP contribution in [0, 0.1) is 0 Å². The fraction of sp³-hybridized carbons (Fsp3) is 1.00. The second kappa shape index (κ2) is 4.90. The van der Waals surface area contributed by atoms with Crippen LogP contribution in [0.3, 0.4) is 0 Å². The summed E-state index contributed by atoms with van der Waals surface area (Å²) in [7, 11) is 0. The predicted octanol–water partition coefficient (Wildman–Crippen LogP) is 3.69. The van der Waals surface area contributed by atoms with Crippen LogP contribution < -0.4 is 0 Å². The summed E-state index contributed by atoms with van der Waals surface area (Å²) in [5, 5.41) is 0. The molecule has 80 valence electrons. The molecular weight excluding hydrogens is 172 g/mol. The number of hydrogen-bond acceptors (Lipinski definition) is 0. The van der Waals surface area contributed by atoms with Gasteiger partial charge in [-0.25, -0.2) is 0 Å². The first kappa shape index (κ1) is 10.1. The van der Waals surface area contributed by atoms with Gasteiger partial charge in [-0.15, -0.1) is 0 Å². The van der Waals surface area contributed by atoms with E-state index in [9.17, 15) is 5.53 Å². The standard InChI is InChI=1S/C12H22N2/c13-14(11-7-3-1-4-8-11)12-9-5-2-6-10-12/h11-12H,1-10H2. The zero-order valence-corrected chi connectivity index (χ0v) is 9.12. The Hall–Kier alpha value is -0.400. The van der Waals surface area contributed by atoms with E-state index < -0.39 is 0 Å². The molecule has 0 heterocycles. The lowest BCUT2D eigenvalue weighted by Gasteiger charge is -2.30. The molecule has 0 spiro atoms. The number of rotatable bonds is 2. The lowest BCUT2D eigenvalue weighted by Crippen LogP contribution is -2.35. The Morgan fingerprint density at radius 2 is 1.00 bits per heavy atom. The maximum absolute atomic E-state index is 10.1. The average Bonchev–Trinajstić information content (AvgIpc) is 2.30. The second-order valence-electron chi connectivity index (χ2n) is 4.96. The number of nitrogens with zero attached hydrogens (tertiary/aromatic N) is 2. The lowest BCUT2D eigenvalue weighted by molar-refractivity contribution is -0.626. The molecule has 0 N–H and O–H groups in total. The van der Waals surface area contributed by atoms with Crippen LogP contribution in [0.4, 0.5) is 0 Å². The molecule has 2 nitrogen and oxygen atoms in total. The van der Waals surface area contributed by atoms with Crippen LogP contribution in [-0.2, 0) is 0 Å². The van der Waals surface area contributed by atoms with Crippen molar-refractivity contribution in [3.8, 4) is 0 Å². The first-order valence-corrected chi connectivity index (χ1v) is 6.35. The smallest absolute Gasteiger partial charge is 0.141 e. The average molecular weight is 194 g/mol. The molecule has 0 aromatic carbocycles. The summed E-state index contributed by atoms with van der Waals surface area (Å²) in [6.45, 7) is 0. The van der Waals surface area contributed by atoms with Gasteiger partial charge in [0, 0.05) is 25.7 Å². The van der Waals surface area contributed by atoms with Crippen molar-refractivity contribution < 1.29 is 4.70 Å². The minimum atomic E-state index is 0.479. The van der Waals surface area contributed by atoms with E-state index in [2.05, 4.69) is 0 Å². The minimum absolute atomic E-state index is 0.479. The van der Waals surface area contributed by atoms with Crippen molar-refractivity contribution in [1.29, 1.82) is 0 Å². The van der Waals surface area contributed by atoms with Crippen molar-refractivity contribution in [3.63, 3.8) is 0 Å². The van der Waals surface area contributed by atoms with Gasteiger partial charge < -0.3 is 10.2 Å². The fourth-order valence-electron chi connectivity index (χ4n) is 2.99. The summed E-state index contributed by atoms with van der Waals surface area (Å²) in [4.78, 5) is 0. The topological polar surface area (TPSA) is 25.3 Å². The van der Waals surface area contributed by atoms with Crippen LogP contribution in [0.1, 0.15) is 64.2 Å². The molecule has 0 aromatic heterocycles. The summed E-state index contributed by atoms with van der Waals surface area (Å²) < 4.78 is 1.72. The molecule has 0 saturated heterocycles. The Labute approximate surface area is 87.2 Å². The Morgan fingerprint density at radius 3 is 1.36 bits per heavy atom. The first-order chi connectivity index (χ1) is 6.88. The summed E-state index contributed by atoms with van der Waals surface area (Å²) in [5.41, 5.74) is 10.1. The van der Waals surface area contributed by atoms with E-state index in [4.69, 9.17) is 0 Å². The van der Waals surface area contributed by atoms with Gasteiger partial charge in [0.2, 0.25) is 0 Å². The lowest BCUT2D eigenvalue weighted by atomic mass is 9.90. The van der Waals surface area contributed by atoms with Crippen LogP contribution in [0.2, 0.25) is 0 Å². The van der Waals surface area contributed by atoms with E-state index in [0.717, 1.165) is 0 Å². The Bertz CT molecular complexity index is 168. The van der Waals surface area contributed by atoms with Gasteiger partial charge in [-0.3, -0.25) is 0 Å². The van der Waals surface area contributed by atoms with Crippen molar-refractivity contribution in [2.75, 3.05) is 0 Å². The molecule has 0 amide bonds. The SMILES string of the molecule is [N-]=[N+](C1CCCCC1)C1CCCCC1. The third-order valence-corrected chi connectivity index (χ3v) is 3.90. The van der Waals surface area contributed by atoms with Crippen molar-refractivity contribution in [3.05, 3.63) is 5.53 Å². The van der Waals surface area contributed by atoms with E-state index in [1.54, 1.807) is 4.70 Å². The molecule has 2 saturated carbocycles. The van der Waals surface area contributed by atoms with Gasteiger partial charge in [0.1, 0.15) is 12.1 Å². The highest BCUT2D eigenvalue weighted by atomic mass is 15.2. The molecule has 0 unspecified atom stereocenters. The zero-order chi connectivity index (χ0) is 9.80. The van der Waals surface area contributed by atoms with Crippen molar-refractivity contribution in [2.24, 2.45) is 0 Å². The van der Waals surface area contributed by atoms with Crippen LogP contribution in [0.5, 0.6) is 0 Å². The van der Waals surface area contributed by atoms with E-state index in [0.29, 0.717) is 12.1 Å². The van der Waals surface area contributed by atoms with Gasteiger partial charge in [0.05, 0.1) is 0 Å². The third-order valence-electron chi connectivity index (χ3n) is 3.90. The van der Waals surface area contributed by atoms with Crippen LogP contribution in [0.15, 0.2) is 0 Å². The maximum Gasteiger partial charge on any atom is 0.141 e. The Morgan fingerprint density at radius 1 is 0.643 bits per heavy atom. The summed E-state index contributed by atoms with van der Waals surface area (Å²) >= 11 is 0. The molecular formula is C12H22N2. The zero-order valence-electron chi connectivity index (χ0n) is 9.12. The molecule has 0 atom stereocenters. The molecule has 0 bridgehead atoms. The molecule has 2 heteroatoms. The van der Waals surface area contributed by atoms with Gasteiger partial charge in [0.15, 0.2) is 0 Å². The third kappa shape index (κ3) is 2.34. The minimum Gasteiger partial charge on any atom is -0.506 e. The van der Waals surface area contributed by atoms with E-state index >= 15 is 0 Å². The highest BCUT2D eigenvalue weighted by molar-refractivity contribution is 4.69. The summed E-state index contributed by atoms with van der Waals surface area (Å²) in [6, 6.07) is 0.957. The fourth-order valence-corrected chi connectivity index (χ4v) is 2.99. The molecule has 2 aliphatic carbocycles. The van der Waals surface area contributed by atoms with Crippen LogP contribution >= 0.6 is 0 Å². The first-order valence-electron chi connectivity index (χ1n) is 6.35. The Balaban J connectivity index is 1.85. The van der Waals surface area contributed by atoms with Crippen LogP contribution in [-0.4, -0.2) is 16.8 Å². The molecule has 0 radical (unpaired) electrons. The van der Waals surface area contributed by atoms with Gasteiger partial charge in [-0.2, -0.15) is 0 Å². The number of hydrogen-bond donors (Lipinski definition) is 0. The van der Waals surface area contributed by atoms with Crippen molar-refractivity contribution in [1.82, 2.24) is 0 Å². The second-order valence-corrected chi connectivity index (χ2v) is 4.96. The maximum atomic E-state index is 10.1. The van der Waals surface area contributed by atoms with Crippen molar-refractivity contribution in [2.45, 2.75) is 76.3 Å². The van der Waals surface area contributed by atoms with Gasteiger partial charge >= 0.3 is 0 Å². The molecule has 0 aromatic rings. The van der Waals surface area contributed by atoms with Crippen molar-refractivity contribution >= 4 is 0 Å². The van der Waals surface area contributed by atoms with E-state index in [1.165, 1.54) is 64.2 Å². The largest absolute Gasteiger partial charge is 0.506 e. The summed E-state index contributed by atoms with van der Waals surface area (Å²) in [6.07, 6.45) is 12.9. The molecule has 2 rings (SSSR count). The highest BCUT2D eigenvalue weighted by Gasteiger charge is 2.27. The van der Waals surface area contributed by atoms with Gasteiger partial charge in [0.25, 0.3) is 0 Å². The van der Waals surface area contributed by atoms with E-state index in [-0.39, 0.29) is 0 Å². The predicted molar refractivity (Wildman–Crippen MR) is 57.4 cm³/mol. The quantitative estimate of drug-likeness (QED) is 0.473. The molecule has 2 aliphatic rings. The molecule has 2 fully saturated rings. The summed E-state index contributed by atoms with van der Waals surface area (Å²) in [5.74, 6) is 0. The van der Waals surface area contributed by atoms with Gasteiger partial charge in [-0.05, 0) is 25.7 Å². The molecule has 0 aliphatic heterocycles. The monoisotopic (exact) mass is 194 g/mol. The van der Waals surface area contributed by atoms with Crippen LogP contribution in [0.25, 0.3) is 5.53 Å². The van der Waals surface area contributed by atoms with E-state index in [1.807, 2.05) is 0 Å². The highest BCUT2D eigenvalue weighted by Crippen LogP contribution is 2.26. The normalized spacial score (nSPS) is 26.3. The van der Waals surface area contributed by atoms with Gasteiger partial charge in [-0.1, -0.05) is 12.8 Å². The Kier molecular flexibility index (Phi) is 3.55.